The van der Waals surface area contributed by atoms with Gasteiger partial charge < -0.3 is 10.6 Å². The van der Waals surface area contributed by atoms with Gasteiger partial charge in [-0.25, -0.2) is 9.48 Å². The van der Waals surface area contributed by atoms with Gasteiger partial charge in [0, 0.05) is 11.4 Å². The van der Waals surface area contributed by atoms with Crippen LogP contribution in [0.1, 0.15) is 17.1 Å². The molecule has 0 aliphatic heterocycles. The van der Waals surface area contributed by atoms with E-state index in [0.717, 1.165) is 28.3 Å². The highest BCUT2D eigenvalue weighted by Gasteiger charge is 2.35. The number of amides is 2. The molecule has 3 aromatic rings. The number of rotatable bonds is 4. The maximum Gasteiger partial charge on any atom is 0.433 e. The number of carbonyl (C=O) groups is 1. The Kier molecular flexibility index (Phi) is 5.11. The van der Waals surface area contributed by atoms with E-state index < -0.39 is 17.9 Å². The van der Waals surface area contributed by atoms with Gasteiger partial charge >= 0.3 is 12.2 Å². The summed E-state index contributed by atoms with van der Waals surface area (Å²) in [5.74, 6) is 0. The molecule has 6 nitrogen and oxygen atoms in total. The minimum absolute atomic E-state index is 0.238. The molecule has 0 aliphatic carbocycles. The lowest BCUT2D eigenvalue weighted by Gasteiger charge is -2.11. The van der Waals surface area contributed by atoms with Gasteiger partial charge in [0.25, 0.3) is 0 Å². The lowest BCUT2D eigenvalue weighted by Crippen LogP contribution is -2.28. The monoisotopic (exact) mass is 375 g/mol. The number of nitrogens with zero attached hydrogens (tertiary/aromatic N) is 3. The molecule has 9 heteroatoms. The summed E-state index contributed by atoms with van der Waals surface area (Å²) in [7, 11) is 0. The van der Waals surface area contributed by atoms with Gasteiger partial charge in [0.2, 0.25) is 0 Å². The quantitative estimate of drug-likeness (QED) is 0.726. The van der Waals surface area contributed by atoms with Gasteiger partial charge in [0.05, 0.1) is 24.1 Å². The molecule has 0 aliphatic rings. The Hall–Kier alpha value is -3.36. The molecule has 0 atom stereocenters. The van der Waals surface area contributed by atoms with Crippen molar-refractivity contribution in [2.75, 3.05) is 5.32 Å². The number of urea groups is 1. The van der Waals surface area contributed by atoms with Crippen LogP contribution >= 0.6 is 0 Å². The molecule has 0 bridgehead atoms. The van der Waals surface area contributed by atoms with Gasteiger partial charge in [-0.1, -0.05) is 6.07 Å². The van der Waals surface area contributed by atoms with Crippen LogP contribution in [0.15, 0.2) is 54.7 Å². The second kappa shape index (κ2) is 7.48. The molecule has 2 aromatic heterocycles. The van der Waals surface area contributed by atoms with Crippen LogP contribution in [0.4, 0.5) is 23.7 Å². The van der Waals surface area contributed by atoms with E-state index in [1.807, 2.05) is 19.1 Å². The molecule has 0 saturated heterocycles. The van der Waals surface area contributed by atoms with Crippen LogP contribution in [0.3, 0.4) is 0 Å². The Morgan fingerprint density at radius 1 is 1.11 bits per heavy atom. The number of anilines is 1. The van der Waals surface area contributed by atoms with E-state index in [-0.39, 0.29) is 12.2 Å². The zero-order chi connectivity index (χ0) is 19.4. The van der Waals surface area contributed by atoms with E-state index >= 15 is 0 Å². The Bertz CT molecular complexity index is 935. The molecule has 1 aromatic carbocycles. The first-order valence-electron chi connectivity index (χ1n) is 8.02. The fraction of sp³-hybridized carbons (Fsp3) is 0.167. The van der Waals surface area contributed by atoms with Crippen LogP contribution in [0.5, 0.6) is 0 Å². The van der Waals surface area contributed by atoms with Crippen LogP contribution in [-0.4, -0.2) is 20.8 Å². The first-order valence-corrected chi connectivity index (χ1v) is 8.02. The summed E-state index contributed by atoms with van der Waals surface area (Å²) >= 11 is 0. The predicted octanol–water partition coefficient (Wildman–Crippen LogP) is 3.92. The summed E-state index contributed by atoms with van der Waals surface area (Å²) in [5.41, 5.74) is 1.38. The normalized spacial score (nSPS) is 11.3. The first-order chi connectivity index (χ1) is 12.8. The molecule has 0 saturated carbocycles. The third-order valence-electron chi connectivity index (χ3n) is 3.68. The van der Waals surface area contributed by atoms with Gasteiger partial charge in [-0.05, 0) is 49.4 Å². The van der Waals surface area contributed by atoms with E-state index in [2.05, 4.69) is 20.7 Å². The standard InChI is InChI=1S/C18H16F3N5O/c1-12-3-2-4-14(24-12)11-22-17(27)25-13-5-7-15(8-6-13)26-16(9-10-23-26)18(19,20)21/h2-10H,11H2,1H3,(H2,22,25,27). The van der Waals surface area contributed by atoms with Crippen LogP contribution in [0, 0.1) is 6.92 Å². The average Bonchev–Trinajstić information content (AvgIpc) is 3.11. The second-order valence-corrected chi connectivity index (χ2v) is 5.75. The van der Waals surface area contributed by atoms with Crippen LogP contribution in [0.2, 0.25) is 0 Å². The molecule has 27 heavy (non-hydrogen) atoms. The number of halogens is 3. The smallest absolute Gasteiger partial charge is 0.332 e. The van der Waals surface area contributed by atoms with Crippen molar-refractivity contribution in [2.45, 2.75) is 19.6 Å². The van der Waals surface area contributed by atoms with Gasteiger partial charge in [-0.3, -0.25) is 4.98 Å². The lowest BCUT2D eigenvalue weighted by atomic mass is 10.2. The zero-order valence-corrected chi connectivity index (χ0v) is 14.3. The van der Waals surface area contributed by atoms with Gasteiger partial charge in [-0.15, -0.1) is 0 Å². The second-order valence-electron chi connectivity index (χ2n) is 5.75. The molecular weight excluding hydrogens is 359 g/mol. The Morgan fingerprint density at radius 2 is 1.85 bits per heavy atom. The van der Waals surface area contributed by atoms with E-state index in [0.29, 0.717) is 5.69 Å². The molecule has 0 spiro atoms. The minimum Gasteiger partial charge on any atom is -0.332 e. The number of aryl methyl sites for hydroxylation is 1. The van der Waals surface area contributed by atoms with Crippen LogP contribution < -0.4 is 10.6 Å². The number of aromatic nitrogens is 3. The van der Waals surface area contributed by atoms with Gasteiger partial charge in [0.1, 0.15) is 5.69 Å². The molecule has 0 radical (unpaired) electrons. The number of pyridine rings is 1. The van der Waals surface area contributed by atoms with Crippen molar-refractivity contribution < 1.29 is 18.0 Å². The topological polar surface area (TPSA) is 71.8 Å². The van der Waals surface area contributed by atoms with Crippen molar-refractivity contribution in [3.63, 3.8) is 0 Å². The van der Waals surface area contributed by atoms with E-state index in [4.69, 9.17) is 0 Å². The number of carbonyl (C=O) groups excluding carboxylic acids is 1. The van der Waals surface area contributed by atoms with E-state index in [9.17, 15) is 18.0 Å². The number of nitrogens with one attached hydrogen (secondary N) is 2. The summed E-state index contributed by atoms with van der Waals surface area (Å²) in [4.78, 5) is 16.2. The fourth-order valence-corrected chi connectivity index (χ4v) is 2.45. The van der Waals surface area contributed by atoms with Gasteiger partial charge in [-0.2, -0.15) is 18.3 Å². The molecule has 140 valence electrons. The highest BCUT2D eigenvalue weighted by Crippen LogP contribution is 2.30. The third kappa shape index (κ3) is 4.63. The third-order valence-corrected chi connectivity index (χ3v) is 3.68. The number of hydrogen-bond acceptors (Lipinski definition) is 3. The summed E-state index contributed by atoms with van der Waals surface area (Å²) in [5, 5.41) is 8.99. The highest BCUT2D eigenvalue weighted by molar-refractivity contribution is 5.89. The van der Waals surface area contributed by atoms with Crippen LogP contribution in [-0.2, 0) is 12.7 Å². The summed E-state index contributed by atoms with van der Waals surface area (Å²) in [6.07, 6.45) is -3.42. The molecular formula is C18H16F3N5O. The first kappa shape index (κ1) is 18.4. The maximum absolute atomic E-state index is 12.9. The van der Waals surface area contributed by atoms with E-state index in [1.54, 1.807) is 6.07 Å². The molecule has 2 amide bonds. The molecule has 0 unspecified atom stereocenters. The van der Waals surface area contributed by atoms with Gasteiger partial charge in [0.15, 0.2) is 0 Å². The van der Waals surface area contributed by atoms with Crippen molar-refractivity contribution in [1.29, 1.82) is 0 Å². The number of alkyl halides is 3. The largest absolute Gasteiger partial charge is 0.433 e. The predicted molar refractivity (Wildman–Crippen MR) is 93.4 cm³/mol. The SMILES string of the molecule is Cc1cccc(CNC(=O)Nc2ccc(-n3nccc3C(F)(F)F)cc2)n1. The highest BCUT2D eigenvalue weighted by atomic mass is 19.4. The molecule has 3 rings (SSSR count). The maximum atomic E-state index is 12.9. The number of benzene rings is 1. The average molecular weight is 375 g/mol. The fourth-order valence-electron chi connectivity index (χ4n) is 2.45. The Labute approximate surface area is 153 Å². The molecule has 0 fully saturated rings. The summed E-state index contributed by atoms with van der Waals surface area (Å²) < 4.78 is 39.6. The van der Waals surface area contributed by atoms with Crippen molar-refractivity contribution in [3.05, 3.63) is 71.8 Å². The lowest BCUT2D eigenvalue weighted by molar-refractivity contribution is -0.142. The summed E-state index contributed by atoms with van der Waals surface area (Å²) in [6.45, 7) is 2.11. The molecule has 2 N–H and O–H groups in total. The Morgan fingerprint density at radius 3 is 2.52 bits per heavy atom. The minimum atomic E-state index is -4.50. The zero-order valence-electron chi connectivity index (χ0n) is 14.3. The van der Waals surface area contributed by atoms with Crippen molar-refractivity contribution >= 4 is 11.7 Å². The van der Waals surface area contributed by atoms with Crippen molar-refractivity contribution in [1.82, 2.24) is 20.1 Å². The Balaban J connectivity index is 1.62. The van der Waals surface area contributed by atoms with Crippen molar-refractivity contribution in [3.8, 4) is 5.69 Å². The van der Waals surface area contributed by atoms with Crippen LogP contribution in [0.25, 0.3) is 5.69 Å². The van der Waals surface area contributed by atoms with E-state index in [1.165, 1.54) is 24.3 Å². The molecule has 2 heterocycles. The van der Waals surface area contributed by atoms with Crippen molar-refractivity contribution in [2.24, 2.45) is 0 Å². The number of hydrogen-bond donors (Lipinski definition) is 2. The summed E-state index contributed by atoms with van der Waals surface area (Å²) in [6, 6.07) is 11.9.